The monoisotopic (exact) mass is 299 g/mol. The second-order valence-electron chi connectivity index (χ2n) is 5.99. The molecule has 2 aromatic rings. The molecule has 0 aliphatic heterocycles. The number of hydrogen-bond acceptors (Lipinski definition) is 4. The lowest BCUT2D eigenvalue weighted by Gasteiger charge is -2.24. The van der Waals surface area contributed by atoms with E-state index in [4.69, 9.17) is 4.52 Å². The molecule has 1 aromatic heterocycles. The number of nitrogens with zero attached hydrogens (tertiary/aromatic N) is 2. The number of hydrogen-bond donors (Lipinski definition) is 1. The number of benzene rings is 1. The summed E-state index contributed by atoms with van der Waals surface area (Å²) in [5, 5.41) is 7.04. The van der Waals surface area contributed by atoms with Crippen LogP contribution in [0.25, 0.3) is 0 Å². The Morgan fingerprint density at radius 1 is 1.32 bits per heavy atom. The zero-order valence-electron chi connectivity index (χ0n) is 13.2. The van der Waals surface area contributed by atoms with Crippen molar-refractivity contribution in [1.82, 2.24) is 5.16 Å². The van der Waals surface area contributed by atoms with Crippen LogP contribution in [0.5, 0.6) is 0 Å². The minimum Gasteiger partial charge on any atom is -0.346 e. The molecule has 0 spiro atoms. The van der Waals surface area contributed by atoms with Gasteiger partial charge in [-0.25, -0.2) is 0 Å². The number of amides is 1. The highest BCUT2D eigenvalue weighted by Crippen LogP contribution is 2.41. The van der Waals surface area contributed by atoms with Crippen molar-refractivity contribution < 1.29 is 9.32 Å². The lowest BCUT2D eigenvalue weighted by molar-refractivity contribution is -0.114. The van der Waals surface area contributed by atoms with Gasteiger partial charge in [0, 0.05) is 38.2 Å². The molecular formula is C17H21N3O2. The number of aryl methyl sites for hydroxylation is 1. The molecule has 0 fully saturated rings. The van der Waals surface area contributed by atoms with Gasteiger partial charge >= 0.3 is 0 Å². The van der Waals surface area contributed by atoms with E-state index >= 15 is 0 Å². The summed E-state index contributed by atoms with van der Waals surface area (Å²) in [4.78, 5) is 13.1. The van der Waals surface area contributed by atoms with Gasteiger partial charge in [-0.1, -0.05) is 17.3 Å². The molecule has 1 aromatic carbocycles. The topological polar surface area (TPSA) is 58.4 Å². The van der Waals surface area contributed by atoms with Crippen molar-refractivity contribution in [3.05, 3.63) is 41.1 Å². The van der Waals surface area contributed by atoms with E-state index in [-0.39, 0.29) is 5.91 Å². The molecule has 1 aliphatic carbocycles. The second kappa shape index (κ2) is 5.83. The Kier molecular flexibility index (Phi) is 3.88. The molecule has 1 atom stereocenters. The first kappa shape index (κ1) is 14.6. The van der Waals surface area contributed by atoms with Gasteiger partial charge in [0.1, 0.15) is 0 Å². The van der Waals surface area contributed by atoms with E-state index in [1.54, 1.807) is 0 Å². The molecule has 1 amide bonds. The first-order valence-corrected chi connectivity index (χ1v) is 7.59. The molecule has 1 N–H and O–H groups in total. The molecule has 5 nitrogen and oxygen atoms in total. The number of nitrogens with one attached hydrogen (secondary N) is 1. The van der Waals surface area contributed by atoms with Crippen LogP contribution in [0.4, 0.5) is 11.6 Å². The second-order valence-corrected chi connectivity index (χ2v) is 5.99. The molecule has 0 saturated carbocycles. The van der Waals surface area contributed by atoms with Crippen LogP contribution < -0.4 is 10.2 Å². The Bertz CT molecular complexity index is 674. The highest BCUT2D eigenvalue weighted by molar-refractivity contribution is 5.88. The molecule has 3 rings (SSSR count). The van der Waals surface area contributed by atoms with Crippen LogP contribution in [0.15, 0.2) is 28.8 Å². The largest absolute Gasteiger partial charge is 0.346 e. The quantitative estimate of drug-likeness (QED) is 0.945. The fourth-order valence-corrected chi connectivity index (χ4v) is 3.13. The van der Waals surface area contributed by atoms with E-state index in [1.807, 2.05) is 31.1 Å². The van der Waals surface area contributed by atoms with Crippen molar-refractivity contribution >= 4 is 17.5 Å². The number of carbonyl (C=O) groups is 1. The van der Waals surface area contributed by atoms with Crippen LogP contribution in [0.3, 0.4) is 0 Å². The smallest absolute Gasteiger partial charge is 0.230 e. The molecule has 0 saturated heterocycles. The average Bonchev–Trinajstić information content (AvgIpc) is 2.91. The maximum atomic E-state index is 11.1. The molecule has 1 heterocycles. The number of aromatic nitrogens is 1. The standard InChI is InChI=1S/C17H21N3O2/c1-11(21)18-13-9-7-12(8-10-13)14-5-4-6-15-16(14)17(20(2)3)22-19-15/h7-10,14H,4-6H2,1-3H3,(H,18,21). The Morgan fingerprint density at radius 3 is 2.68 bits per heavy atom. The van der Waals surface area contributed by atoms with Gasteiger partial charge in [-0.3, -0.25) is 4.79 Å². The molecule has 0 bridgehead atoms. The van der Waals surface area contributed by atoms with Gasteiger partial charge < -0.3 is 14.7 Å². The fraction of sp³-hybridized carbons (Fsp3) is 0.412. The van der Waals surface area contributed by atoms with E-state index in [0.29, 0.717) is 5.92 Å². The minimum absolute atomic E-state index is 0.0540. The highest BCUT2D eigenvalue weighted by Gasteiger charge is 2.30. The summed E-state index contributed by atoms with van der Waals surface area (Å²) in [6, 6.07) is 8.07. The van der Waals surface area contributed by atoms with Crippen molar-refractivity contribution in [2.24, 2.45) is 0 Å². The number of carbonyl (C=O) groups excluding carboxylic acids is 1. The predicted octanol–water partition coefficient (Wildman–Crippen LogP) is 3.17. The van der Waals surface area contributed by atoms with Crippen molar-refractivity contribution in [3.8, 4) is 0 Å². The van der Waals surface area contributed by atoms with E-state index in [9.17, 15) is 4.79 Å². The van der Waals surface area contributed by atoms with E-state index in [0.717, 1.165) is 36.5 Å². The third-order valence-corrected chi connectivity index (χ3v) is 4.08. The Morgan fingerprint density at radius 2 is 2.05 bits per heavy atom. The summed E-state index contributed by atoms with van der Waals surface area (Å²) in [5.41, 5.74) is 4.35. The maximum absolute atomic E-state index is 11.1. The molecule has 22 heavy (non-hydrogen) atoms. The van der Waals surface area contributed by atoms with E-state index < -0.39 is 0 Å². The van der Waals surface area contributed by atoms with Crippen LogP contribution in [-0.4, -0.2) is 25.2 Å². The lowest BCUT2D eigenvalue weighted by atomic mass is 9.81. The van der Waals surface area contributed by atoms with Gasteiger partial charge in [0.15, 0.2) is 0 Å². The summed E-state index contributed by atoms with van der Waals surface area (Å²) in [7, 11) is 3.96. The first-order chi connectivity index (χ1) is 10.6. The summed E-state index contributed by atoms with van der Waals surface area (Å²) < 4.78 is 5.53. The first-order valence-electron chi connectivity index (χ1n) is 7.59. The number of fused-ring (bicyclic) bond motifs is 1. The SMILES string of the molecule is CC(=O)Nc1ccc(C2CCCc3noc(N(C)C)c32)cc1. The molecule has 0 radical (unpaired) electrons. The summed E-state index contributed by atoms with van der Waals surface area (Å²) in [5.74, 6) is 1.10. The van der Waals surface area contributed by atoms with E-state index in [2.05, 4.69) is 22.6 Å². The van der Waals surface area contributed by atoms with Crippen molar-refractivity contribution in [1.29, 1.82) is 0 Å². The minimum atomic E-state index is -0.0540. The van der Waals surface area contributed by atoms with Crippen LogP contribution in [0.1, 0.15) is 42.5 Å². The van der Waals surface area contributed by atoms with Gasteiger partial charge in [0.05, 0.1) is 5.69 Å². The Balaban J connectivity index is 1.93. The van der Waals surface area contributed by atoms with E-state index in [1.165, 1.54) is 18.1 Å². The molecule has 1 unspecified atom stereocenters. The van der Waals surface area contributed by atoms with Crippen molar-refractivity contribution in [3.63, 3.8) is 0 Å². The summed E-state index contributed by atoms with van der Waals surface area (Å²) in [6.07, 6.45) is 3.19. The van der Waals surface area contributed by atoms with Gasteiger partial charge in [-0.2, -0.15) is 0 Å². The summed E-state index contributed by atoms with van der Waals surface area (Å²) in [6.45, 7) is 1.52. The van der Waals surface area contributed by atoms with Gasteiger partial charge in [0.25, 0.3) is 0 Å². The zero-order valence-corrected chi connectivity index (χ0v) is 13.2. The predicted molar refractivity (Wildman–Crippen MR) is 86.4 cm³/mol. The average molecular weight is 299 g/mol. The van der Waals surface area contributed by atoms with Crippen LogP contribution in [0, 0.1) is 0 Å². The molecule has 1 aliphatic rings. The molecular weight excluding hydrogens is 278 g/mol. The van der Waals surface area contributed by atoms with Gasteiger partial charge in [-0.15, -0.1) is 0 Å². The van der Waals surface area contributed by atoms with Crippen molar-refractivity contribution in [2.75, 3.05) is 24.3 Å². The number of rotatable bonds is 3. The van der Waals surface area contributed by atoms with Crippen LogP contribution >= 0.6 is 0 Å². The van der Waals surface area contributed by atoms with Crippen molar-refractivity contribution in [2.45, 2.75) is 32.1 Å². The fourth-order valence-electron chi connectivity index (χ4n) is 3.13. The zero-order chi connectivity index (χ0) is 15.7. The Labute approximate surface area is 130 Å². The van der Waals surface area contributed by atoms with Gasteiger partial charge in [0.2, 0.25) is 11.8 Å². The number of anilines is 2. The lowest BCUT2D eigenvalue weighted by Crippen LogP contribution is -2.16. The highest BCUT2D eigenvalue weighted by atomic mass is 16.5. The van der Waals surface area contributed by atoms with Gasteiger partial charge in [-0.05, 0) is 37.0 Å². The molecule has 5 heteroatoms. The van der Waals surface area contributed by atoms with Crippen LogP contribution in [-0.2, 0) is 11.2 Å². The normalized spacial score (nSPS) is 17.0. The third-order valence-electron chi connectivity index (χ3n) is 4.08. The summed E-state index contributed by atoms with van der Waals surface area (Å²) >= 11 is 0. The Hall–Kier alpha value is -2.30. The van der Waals surface area contributed by atoms with Crippen LogP contribution in [0.2, 0.25) is 0 Å². The molecule has 116 valence electrons. The third kappa shape index (κ3) is 2.71. The maximum Gasteiger partial charge on any atom is 0.230 e.